The summed E-state index contributed by atoms with van der Waals surface area (Å²) >= 11 is 3.50. The van der Waals surface area contributed by atoms with Crippen LogP contribution in [0.1, 0.15) is 18.1 Å². The molecule has 1 aromatic carbocycles. The van der Waals surface area contributed by atoms with Crippen LogP contribution >= 0.6 is 15.9 Å². The van der Waals surface area contributed by atoms with E-state index in [-0.39, 0.29) is 5.91 Å². The van der Waals surface area contributed by atoms with Crippen molar-refractivity contribution in [1.82, 2.24) is 10.6 Å². The number of nitrogens with one attached hydrogen (secondary N) is 2. The Morgan fingerprint density at radius 1 is 1.44 bits per heavy atom. The fourth-order valence-corrected chi connectivity index (χ4v) is 2.00. The monoisotopic (exact) mass is 284 g/mol. The molecule has 3 nitrogen and oxygen atoms in total. The second kappa shape index (κ2) is 6.66. The molecular weight excluding hydrogens is 268 g/mol. The van der Waals surface area contributed by atoms with Crippen LogP contribution in [-0.2, 0) is 11.3 Å². The molecule has 0 fully saturated rings. The molecule has 4 heteroatoms. The van der Waals surface area contributed by atoms with Gasteiger partial charge in [0.2, 0.25) is 5.91 Å². The summed E-state index contributed by atoms with van der Waals surface area (Å²) in [5.41, 5.74) is 2.38. The Morgan fingerprint density at radius 3 is 2.81 bits per heavy atom. The number of aryl methyl sites for hydroxylation is 1. The van der Waals surface area contributed by atoms with Crippen molar-refractivity contribution >= 4 is 21.8 Å². The van der Waals surface area contributed by atoms with Crippen LogP contribution in [0.5, 0.6) is 0 Å². The molecule has 0 aliphatic rings. The summed E-state index contributed by atoms with van der Waals surface area (Å²) in [7, 11) is 0. The largest absolute Gasteiger partial charge is 0.355 e. The van der Waals surface area contributed by atoms with Gasteiger partial charge in [0, 0.05) is 17.6 Å². The molecule has 1 rings (SSSR count). The van der Waals surface area contributed by atoms with E-state index in [0.717, 1.165) is 10.0 Å². The third kappa shape index (κ3) is 4.33. The zero-order chi connectivity index (χ0) is 12.0. The smallest absolute Gasteiger partial charge is 0.233 e. The molecule has 0 aliphatic heterocycles. The van der Waals surface area contributed by atoms with E-state index in [9.17, 15) is 4.79 Å². The maximum atomic E-state index is 11.2. The van der Waals surface area contributed by atoms with Crippen molar-refractivity contribution in [3.63, 3.8) is 0 Å². The summed E-state index contributed by atoms with van der Waals surface area (Å²) in [6.07, 6.45) is 0. The molecule has 16 heavy (non-hydrogen) atoms. The van der Waals surface area contributed by atoms with Gasteiger partial charge in [0.25, 0.3) is 0 Å². The molecule has 1 amide bonds. The summed E-state index contributed by atoms with van der Waals surface area (Å²) in [4.78, 5) is 11.2. The topological polar surface area (TPSA) is 41.1 Å². The third-order valence-electron chi connectivity index (χ3n) is 2.18. The number of benzene rings is 1. The van der Waals surface area contributed by atoms with Gasteiger partial charge in [-0.3, -0.25) is 4.79 Å². The minimum atomic E-state index is 0.0331. The lowest BCUT2D eigenvalue weighted by Gasteiger charge is -2.07. The van der Waals surface area contributed by atoms with Crippen LogP contribution in [0, 0.1) is 6.92 Å². The van der Waals surface area contributed by atoms with Gasteiger partial charge in [-0.2, -0.15) is 0 Å². The standard InChI is InChI=1S/C12H17BrN2O/c1-3-15-12(16)8-14-7-10-5-4-9(2)6-11(10)13/h4-6,14H,3,7-8H2,1-2H3,(H,15,16). The van der Waals surface area contributed by atoms with E-state index in [4.69, 9.17) is 0 Å². The van der Waals surface area contributed by atoms with Crippen LogP contribution in [0.4, 0.5) is 0 Å². The maximum Gasteiger partial charge on any atom is 0.233 e. The lowest BCUT2D eigenvalue weighted by atomic mass is 10.1. The Hall–Kier alpha value is -0.870. The van der Waals surface area contributed by atoms with Crippen molar-refractivity contribution in [3.8, 4) is 0 Å². The lowest BCUT2D eigenvalue weighted by molar-refractivity contribution is -0.120. The Bertz CT molecular complexity index is 366. The van der Waals surface area contributed by atoms with Crippen molar-refractivity contribution < 1.29 is 4.79 Å². The summed E-state index contributed by atoms with van der Waals surface area (Å²) < 4.78 is 1.08. The van der Waals surface area contributed by atoms with Crippen molar-refractivity contribution in [2.45, 2.75) is 20.4 Å². The van der Waals surface area contributed by atoms with E-state index in [2.05, 4.69) is 51.7 Å². The summed E-state index contributed by atoms with van der Waals surface area (Å²) in [5, 5.41) is 5.85. The molecule has 0 heterocycles. The molecule has 0 bridgehead atoms. The van der Waals surface area contributed by atoms with E-state index >= 15 is 0 Å². The lowest BCUT2D eigenvalue weighted by Crippen LogP contribution is -2.33. The number of hydrogen-bond acceptors (Lipinski definition) is 2. The van der Waals surface area contributed by atoms with E-state index in [1.54, 1.807) is 0 Å². The van der Waals surface area contributed by atoms with Crippen LogP contribution in [0.15, 0.2) is 22.7 Å². The van der Waals surface area contributed by atoms with E-state index < -0.39 is 0 Å². The Morgan fingerprint density at radius 2 is 2.19 bits per heavy atom. The fourth-order valence-electron chi connectivity index (χ4n) is 1.37. The third-order valence-corrected chi connectivity index (χ3v) is 2.92. The zero-order valence-electron chi connectivity index (χ0n) is 9.64. The van der Waals surface area contributed by atoms with E-state index in [1.165, 1.54) is 5.56 Å². The Kier molecular flexibility index (Phi) is 5.49. The average molecular weight is 285 g/mol. The highest BCUT2D eigenvalue weighted by molar-refractivity contribution is 9.10. The molecule has 0 aromatic heterocycles. The molecule has 0 radical (unpaired) electrons. The van der Waals surface area contributed by atoms with Crippen molar-refractivity contribution in [3.05, 3.63) is 33.8 Å². The number of amides is 1. The SMILES string of the molecule is CCNC(=O)CNCc1ccc(C)cc1Br. The molecular formula is C12H17BrN2O. The van der Waals surface area contributed by atoms with Gasteiger partial charge < -0.3 is 10.6 Å². The van der Waals surface area contributed by atoms with Crippen LogP contribution in [0.2, 0.25) is 0 Å². The van der Waals surface area contributed by atoms with Gasteiger partial charge in [0.1, 0.15) is 0 Å². The zero-order valence-corrected chi connectivity index (χ0v) is 11.2. The summed E-state index contributed by atoms with van der Waals surface area (Å²) in [5.74, 6) is 0.0331. The molecule has 0 atom stereocenters. The second-order valence-corrected chi connectivity index (χ2v) is 4.51. The van der Waals surface area contributed by atoms with E-state index in [1.807, 2.05) is 6.92 Å². The maximum absolute atomic E-state index is 11.2. The first-order valence-electron chi connectivity index (χ1n) is 5.36. The normalized spacial score (nSPS) is 10.2. The number of carbonyl (C=O) groups is 1. The van der Waals surface area contributed by atoms with Gasteiger partial charge in [-0.25, -0.2) is 0 Å². The first kappa shape index (κ1) is 13.2. The highest BCUT2D eigenvalue weighted by Gasteiger charge is 2.01. The van der Waals surface area contributed by atoms with Crippen LogP contribution in [0.3, 0.4) is 0 Å². The van der Waals surface area contributed by atoms with Crippen molar-refractivity contribution in [2.75, 3.05) is 13.1 Å². The van der Waals surface area contributed by atoms with Gasteiger partial charge in [-0.15, -0.1) is 0 Å². The molecule has 0 unspecified atom stereocenters. The second-order valence-electron chi connectivity index (χ2n) is 3.65. The molecule has 0 saturated carbocycles. The molecule has 1 aromatic rings. The number of carbonyl (C=O) groups excluding carboxylic acids is 1. The minimum Gasteiger partial charge on any atom is -0.355 e. The van der Waals surface area contributed by atoms with Gasteiger partial charge in [0.15, 0.2) is 0 Å². The van der Waals surface area contributed by atoms with Crippen LogP contribution in [-0.4, -0.2) is 19.0 Å². The minimum absolute atomic E-state index is 0.0331. The Balaban J connectivity index is 2.40. The van der Waals surface area contributed by atoms with Gasteiger partial charge >= 0.3 is 0 Å². The number of halogens is 1. The van der Waals surface area contributed by atoms with Crippen LogP contribution in [0.25, 0.3) is 0 Å². The first-order chi connectivity index (χ1) is 7.63. The number of hydrogen-bond donors (Lipinski definition) is 2. The number of rotatable bonds is 5. The fraction of sp³-hybridized carbons (Fsp3) is 0.417. The van der Waals surface area contributed by atoms with Crippen molar-refractivity contribution in [1.29, 1.82) is 0 Å². The molecule has 0 spiro atoms. The van der Waals surface area contributed by atoms with Gasteiger partial charge in [0.05, 0.1) is 6.54 Å². The summed E-state index contributed by atoms with van der Waals surface area (Å²) in [6.45, 7) is 5.69. The average Bonchev–Trinajstić information content (AvgIpc) is 2.22. The predicted molar refractivity (Wildman–Crippen MR) is 69.3 cm³/mol. The Labute approximate surface area is 105 Å². The predicted octanol–water partition coefficient (Wildman–Crippen LogP) is 1.98. The molecule has 88 valence electrons. The van der Waals surface area contributed by atoms with E-state index in [0.29, 0.717) is 19.6 Å². The first-order valence-corrected chi connectivity index (χ1v) is 6.15. The molecule has 0 aliphatic carbocycles. The highest BCUT2D eigenvalue weighted by atomic mass is 79.9. The highest BCUT2D eigenvalue weighted by Crippen LogP contribution is 2.17. The van der Waals surface area contributed by atoms with Gasteiger partial charge in [-0.05, 0) is 31.0 Å². The molecule has 0 saturated heterocycles. The summed E-state index contributed by atoms with van der Waals surface area (Å²) in [6, 6.07) is 6.20. The van der Waals surface area contributed by atoms with Crippen LogP contribution < -0.4 is 10.6 Å². The van der Waals surface area contributed by atoms with Gasteiger partial charge in [-0.1, -0.05) is 28.1 Å². The quantitative estimate of drug-likeness (QED) is 0.868. The number of likely N-dealkylation sites (N-methyl/N-ethyl adjacent to an activating group) is 1. The van der Waals surface area contributed by atoms with Crippen molar-refractivity contribution in [2.24, 2.45) is 0 Å². The molecule has 2 N–H and O–H groups in total.